The molecule has 0 saturated heterocycles. The van der Waals surface area contributed by atoms with Crippen molar-refractivity contribution < 1.29 is 14.3 Å². The zero-order valence-corrected chi connectivity index (χ0v) is 14.9. The van der Waals surface area contributed by atoms with Gasteiger partial charge in [-0.25, -0.2) is 9.78 Å². The summed E-state index contributed by atoms with van der Waals surface area (Å²) in [4.78, 5) is 23.4. The van der Waals surface area contributed by atoms with Crippen LogP contribution in [0.4, 0.5) is 11.6 Å². The zero-order valence-electron chi connectivity index (χ0n) is 13.4. The Bertz CT molecular complexity index is 922. The number of halogens is 2. The van der Waals surface area contributed by atoms with Gasteiger partial charge in [0.1, 0.15) is 11.3 Å². The van der Waals surface area contributed by atoms with Gasteiger partial charge in [-0.15, -0.1) is 0 Å². The van der Waals surface area contributed by atoms with Crippen LogP contribution in [0.15, 0.2) is 24.5 Å². The highest BCUT2D eigenvalue weighted by molar-refractivity contribution is 6.39. The predicted octanol–water partition coefficient (Wildman–Crippen LogP) is 4.19. The van der Waals surface area contributed by atoms with Crippen molar-refractivity contribution in [2.75, 3.05) is 19.0 Å². The average molecular weight is 381 g/mol. The largest absolute Gasteiger partial charge is 0.496 e. The molecule has 1 aromatic carbocycles. The van der Waals surface area contributed by atoms with Gasteiger partial charge in [-0.2, -0.15) is 0 Å². The molecule has 130 valence electrons. The van der Waals surface area contributed by atoms with Gasteiger partial charge >= 0.3 is 5.97 Å². The number of fused-ring (bicyclic) bond motifs is 1. The van der Waals surface area contributed by atoms with E-state index in [1.165, 1.54) is 19.5 Å². The summed E-state index contributed by atoms with van der Waals surface area (Å²) in [5.74, 6) is 0.327. The first kappa shape index (κ1) is 17.3. The summed E-state index contributed by atoms with van der Waals surface area (Å²) in [6.07, 6.45) is 2.95. The molecule has 0 atom stereocenters. The first-order valence-electron chi connectivity index (χ1n) is 7.34. The first-order chi connectivity index (χ1) is 12.0. The van der Waals surface area contributed by atoms with Gasteiger partial charge in [0.15, 0.2) is 0 Å². The first-order valence-corrected chi connectivity index (χ1v) is 8.10. The van der Waals surface area contributed by atoms with Crippen LogP contribution in [0.2, 0.25) is 10.0 Å². The third-order valence-corrected chi connectivity index (χ3v) is 3.97. The van der Waals surface area contributed by atoms with Gasteiger partial charge < -0.3 is 19.8 Å². The van der Waals surface area contributed by atoms with Gasteiger partial charge in [0.2, 0.25) is 5.95 Å². The predicted molar refractivity (Wildman–Crippen MR) is 96.1 cm³/mol. The number of hydrogen-bond acceptors (Lipinski definition) is 6. The van der Waals surface area contributed by atoms with Crippen molar-refractivity contribution in [3.05, 3.63) is 40.1 Å². The Morgan fingerprint density at radius 2 is 2.00 bits per heavy atom. The summed E-state index contributed by atoms with van der Waals surface area (Å²) in [5, 5.41) is 3.73. The quantitative estimate of drug-likeness (QED) is 0.644. The Kier molecular flexibility index (Phi) is 4.96. The number of methoxy groups -OCH3 is 1. The number of pyridine rings is 1. The van der Waals surface area contributed by atoms with Crippen LogP contribution in [0, 0.1) is 0 Å². The summed E-state index contributed by atoms with van der Waals surface area (Å²) in [6.45, 7) is 2.01. The molecule has 2 heterocycles. The third kappa shape index (κ3) is 3.47. The molecule has 9 heteroatoms. The normalized spacial score (nSPS) is 10.7. The molecule has 0 bridgehead atoms. The van der Waals surface area contributed by atoms with E-state index in [-0.39, 0.29) is 6.61 Å². The number of aromatic amines is 1. The van der Waals surface area contributed by atoms with Gasteiger partial charge in [0.05, 0.1) is 40.5 Å². The fourth-order valence-electron chi connectivity index (χ4n) is 2.28. The zero-order chi connectivity index (χ0) is 18.0. The minimum Gasteiger partial charge on any atom is -0.496 e. The number of ether oxygens (including phenoxy) is 2. The second kappa shape index (κ2) is 7.16. The van der Waals surface area contributed by atoms with E-state index in [1.54, 1.807) is 19.1 Å². The highest BCUT2D eigenvalue weighted by Crippen LogP contribution is 2.32. The van der Waals surface area contributed by atoms with E-state index in [0.717, 1.165) is 0 Å². The van der Waals surface area contributed by atoms with Crippen LogP contribution in [-0.2, 0) is 4.74 Å². The second-order valence-corrected chi connectivity index (χ2v) is 5.79. The summed E-state index contributed by atoms with van der Waals surface area (Å²) in [7, 11) is 1.48. The molecule has 3 aromatic rings. The number of anilines is 2. The molecule has 3 rings (SSSR count). The van der Waals surface area contributed by atoms with Crippen molar-refractivity contribution in [3.8, 4) is 5.75 Å². The van der Waals surface area contributed by atoms with Gasteiger partial charge in [0, 0.05) is 18.5 Å². The van der Waals surface area contributed by atoms with E-state index >= 15 is 0 Å². The van der Waals surface area contributed by atoms with Gasteiger partial charge in [-0.05, 0) is 13.0 Å². The van der Waals surface area contributed by atoms with Crippen molar-refractivity contribution in [2.45, 2.75) is 6.92 Å². The fourth-order valence-corrected chi connectivity index (χ4v) is 2.74. The number of hydrogen-bond donors (Lipinski definition) is 2. The van der Waals surface area contributed by atoms with Crippen LogP contribution in [-0.4, -0.2) is 34.6 Å². The maximum Gasteiger partial charge on any atom is 0.341 e. The van der Waals surface area contributed by atoms with Crippen LogP contribution in [0.1, 0.15) is 17.3 Å². The number of benzene rings is 1. The SMILES string of the molecule is CCOC(=O)c1cc2nc(Nc3c(Cl)cncc3Cl)[nH]c2cc1OC. The molecule has 0 amide bonds. The number of carbonyl (C=O) groups excluding carboxylic acids is 1. The molecule has 0 aliphatic carbocycles. The summed E-state index contributed by atoms with van der Waals surface area (Å²) in [6, 6.07) is 3.28. The van der Waals surface area contributed by atoms with E-state index < -0.39 is 5.97 Å². The summed E-state index contributed by atoms with van der Waals surface area (Å²) < 4.78 is 10.3. The summed E-state index contributed by atoms with van der Waals surface area (Å²) >= 11 is 12.2. The molecule has 0 spiro atoms. The van der Waals surface area contributed by atoms with E-state index in [9.17, 15) is 4.79 Å². The molecule has 0 aliphatic rings. The lowest BCUT2D eigenvalue weighted by atomic mass is 10.2. The maximum absolute atomic E-state index is 12.1. The van der Waals surface area contributed by atoms with E-state index in [4.69, 9.17) is 32.7 Å². The molecule has 0 aliphatic heterocycles. The lowest BCUT2D eigenvalue weighted by Crippen LogP contribution is -2.06. The Morgan fingerprint density at radius 3 is 2.64 bits per heavy atom. The molecular weight excluding hydrogens is 367 g/mol. The molecule has 0 unspecified atom stereocenters. The van der Waals surface area contributed by atoms with Crippen LogP contribution in [0.5, 0.6) is 5.75 Å². The van der Waals surface area contributed by atoms with Crippen LogP contribution in [0.3, 0.4) is 0 Å². The number of aromatic nitrogens is 3. The highest BCUT2D eigenvalue weighted by Gasteiger charge is 2.17. The number of carbonyl (C=O) groups is 1. The van der Waals surface area contributed by atoms with Gasteiger partial charge in [0.25, 0.3) is 0 Å². The summed E-state index contributed by atoms with van der Waals surface area (Å²) in [5.41, 5.74) is 2.02. The molecule has 0 radical (unpaired) electrons. The van der Waals surface area contributed by atoms with Gasteiger partial charge in [-0.3, -0.25) is 4.98 Å². The molecular formula is C16H14Cl2N4O3. The Balaban J connectivity index is 2.01. The standard InChI is InChI=1S/C16H14Cl2N4O3/c1-3-25-15(23)8-4-11-12(5-13(8)24-2)21-16(20-11)22-14-9(17)6-19-7-10(14)18/h4-7H,3H2,1-2H3,(H2,19,20,21,22). The Morgan fingerprint density at radius 1 is 1.28 bits per heavy atom. The number of esters is 1. The molecule has 25 heavy (non-hydrogen) atoms. The number of rotatable bonds is 5. The van der Waals surface area contributed by atoms with Gasteiger partial charge in [-0.1, -0.05) is 23.2 Å². The van der Waals surface area contributed by atoms with Crippen molar-refractivity contribution in [1.82, 2.24) is 15.0 Å². The van der Waals surface area contributed by atoms with Crippen LogP contribution in [0.25, 0.3) is 11.0 Å². The smallest absolute Gasteiger partial charge is 0.341 e. The number of nitrogens with zero attached hydrogens (tertiary/aromatic N) is 2. The number of imidazole rings is 1. The number of nitrogens with one attached hydrogen (secondary N) is 2. The minimum absolute atomic E-state index is 0.270. The fraction of sp³-hybridized carbons (Fsp3) is 0.188. The van der Waals surface area contributed by atoms with Crippen molar-refractivity contribution in [1.29, 1.82) is 0 Å². The number of H-pyrrole nitrogens is 1. The molecule has 2 N–H and O–H groups in total. The lowest BCUT2D eigenvalue weighted by Gasteiger charge is -2.07. The maximum atomic E-state index is 12.1. The molecule has 0 fully saturated rings. The molecule has 2 aromatic heterocycles. The van der Waals surface area contributed by atoms with Crippen molar-refractivity contribution >= 4 is 51.8 Å². The molecule has 7 nitrogen and oxygen atoms in total. The molecule has 0 saturated carbocycles. The van der Waals surface area contributed by atoms with E-state index in [1.807, 2.05) is 0 Å². The second-order valence-electron chi connectivity index (χ2n) is 4.98. The average Bonchev–Trinajstić information content (AvgIpc) is 2.98. The van der Waals surface area contributed by atoms with Crippen molar-refractivity contribution in [2.24, 2.45) is 0 Å². The minimum atomic E-state index is -0.473. The van der Waals surface area contributed by atoms with E-state index in [0.29, 0.717) is 44.0 Å². The van der Waals surface area contributed by atoms with Crippen molar-refractivity contribution in [3.63, 3.8) is 0 Å². The van der Waals surface area contributed by atoms with Crippen LogP contribution < -0.4 is 10.1 Å². The Labute approximate surface area is 153 Å². The highest BCUT2D eigenvalue weighted by atomic mass is 35.5. The lowest BCUT2D eigenvalue weighted by molar-refractivity contribution is 0.0523. The van der Waals surface area contributed by atoms with E-state index in [2.05, 4.69) is 20.3 Å². The third-order valence-electron chi connectivity index (χ3n) is 3.40. The monoisotopic (exact) mass is 380 g/mol. The Hall–Kier alpha value is -2.51. The van der Waals surface area contributed by atoms with Crippen LogP contribution >= 0.6 is 23.2 Å². The topological polar surface area (TPSA) is 89.1 Å².